The summed E-state index contributed by atoms with van der Waals surface area (Å²) in [7, 11) is 1.61. The highest BCUT2D eigenvalue weighted by Gasteiger charge is 2.22. The Balaban J connectivity index is 1.10. The molecule has 3 aromatic heterocycles. The number of hydrogen-bond donors (Lipinski definition) is 4. The maximum absolute atomic E-state index is 13.3. The maximum Gasteiger partial charge on any atom is 0.262 e. The van der Waals surface area contributed by atoms with Crippen molar-refractivity contribution < 1.29 is 14.3 Å². The second-order valence-corrected chi connectivity index (χ2v) is 13.5. The lowest BCUT2D eigenvalue weighted by molar-refractivity contribution is -0.120. The second-order valence-electron chi connectivity index (χ2n) is 13.1. The van der Waals surface area contributed by atoms with E-state index >= 15 is 0 Å². The van der Waals surface area contributed by atoms with Crippen molar-refractivity contribution in [2.45, 2.75) is 57.8 Å². The zero-order valence-corrected chi connectivity index (χ0v) is 29.3. The van der Waals surface area contributed by atoms with Gasteiger partial charge >= 0.3 is 0 Å². The first-order valence-electron chi connectivity index (χ1n) is 17.2. The molecule has 11 nitrogen and oxygen atoms in total. The van der Waals surface area contributed by atoms with Gasteiger partial charge in [0.15, 0.2) is 0 Å². The van der Waals surface area contributed by atoms with Crippen LogP contribution < -0.4 is 31.6 Å². The van der Waals surface area contributed by atoms with Gasteiger partial charge < -0.3 is 26.0 Å². The summed E-state index contributed by atoms with van der Waals surface area (Å²) < 4.78 is 7.23. The monoisotopic (exact) mass is 705 g/mol. The number of pyridine rings is 2. The molecule has 5 heterocycles. The molecule has 4 N–H and O–H groups in total. The number of ether oxygens (including phenoxy) is 1. The van der Waals surface area contributed by atoms with Gasteiger partial charge in [0.2, 0.25) is 17.7 Å². The average Bonchev–Trinajstić information content (AvgIpc) is 3.76. The van der Waals surface area contributed by atoms with Crippen LogP contribution in [0.3, 0.4) is 0 Å². The van der Waals surface area contributed by atoms with Gasteiger partial charge in [-0.2, -0.15) is 0 Å². The third-order valence-electron chi connectivity index (χ3n) is 9.71. The minimum atomic E-state index is -0.128. The molecule has 0 bridgehead atoms. The van der Waals surface area contributed by atoms with Gasteiger partial charge in [-0.25, -0.2) is 9.97 Å². The molecule has 2 aromatic carbocycles. The molecule has 0 unspecified atom stereocenters. The quantitative estimate of drug-likeness (QED) is 0.145. The smallest absolute Gasteiger partial charge is 0.262 e. The second kappa shape index (κ2) is 15.0. The Bertz CT molecular complexity index is 2190. The third kappa shape index (κ3) is 7.37. The van der Waals surface area contributed by atoms with Crippen LogP contribution in [0, 0.1) is 6.92 Å². The number of halogens is 1. The first kappa shape index (κ1) is 34.4. The van der Waals surface area contributed by atoms with Crippen molar-refractivity contribution in [3.63, 3.8) is 0 Å². The van der Waals surface area contributed by atoms with E-state index in [0.29, 0.717) is 66.8 Å². The van der Waals surface area contributed by atoms with Crippen molar-refractivity contribution in [1.82, 2.24) is 35.6 Å². The zero-order chi connectivity index (χ0) is 35.5. The van der Waals surface area contributed by atoms with E-state index in [4.69, 9.17) is 21.3 Å². The van der Waals surface area contributed by atoms with E-state index in [1.54, 1.807) is 23.9 Å². The molecule has 2 amide bonds. The molecule has 51 heavy (non-hydrogen) atoms. The van der Waals surface area contributed by atoms with Crippen LogP contribution in [0.5, 0.6) is 5.88 Å². The highest BCUT2D eigenvalue weighted by atomic mass is 35.5. The summed E-state index contributed by atoms with van der Waals surface area (Å²) in [5.41, 5.74) is 8.22. The number of rotatable bonds is 12. The number of carbonyl (C=O) groups is 2. The van der Waals surface area contributed by atoms with E-state index in [0.717, 1.165) is 51.8 Å². The first-order valence-corrected chi connectivity index (χ1v) is 17.6. The van der Waals surface area contributed by atoms with Crippen LogP contribution in [0.2, 0.25) is 5.02 Å². The molecular formula is C39H40ClN7O4. The number of hydrogen-bond acceptors (Lipinski definition) is 8. The van der Waals surface area contributed by atoms with Crippen molar-refractivity contribution in [3.8, 4) is 39.4 Å². The first-order chi connectivity index (χ1) is 24.8. The number of methoxy groups -OCH3 is 1. The molecule has 2 aliphatic rings. The fourth-order valence-electron chi connectivity index (χ4n) is 6.93. The minimum absolute atomic E-state index is 0.0701. The van der Waals surface area contributed by atoms with Crippen LogP contribution >= 0.6 is 11.6 Å². The van der Waals surface area contributed by atoms with Crippen molar-refractivity contribution in [2.24, 2.45) is 0 Å². The van der Waals surface area contributed by atoms with Gasteiger partial charge in [0, 0.05) is 85.8 Å². The molecule has 0 spiro atoms. The van der Waals surface area contributed by atoms with E-state index in [1.165, 1.54) is 0 Å². The molecule has 2 saturated heterocycles. The van der Waals surface area contributed by atoms with Crippen LogP contribution in [0.25, 0.3) is 39.2 Å². The largest absolute Gasteiger partial charge is 0.481 e. The third-order valence-corrected chi connectivity index (χ3v) is 10.1. The average molecular weight is 706 g/mol. The van der Waals surface area contributed by atoms with Crippen LogP contribution in [-0.4, -0.2) is 58.5 Å². The predicted molar refractivity (Wildman–Crippen MR) is 198 cm³/mol. The molecule has 2 fully saturated rings. The van der Waals surface area contributed by atoms with Crippen molar-refractivity contribution in [2.75, 3.05) is 20.2 Å². The summed E-state index contributed by atoms with van der Waals surface area (Å²) in [4.78, 5) is 45.7. The number of benzene rings is 2. The molecule has 0 radical (unpaired) electrons. The molecule has 12 heteroatoms. The van der Waals surface area contributed by atoms with Crippen LogP contribution in [-0.2, 0) is 22.7 Å². The molecule has 0 saturated carbocycles. The summed E-state index contributed by atoms with van der Waals surface area (Å²) in [5.74, 6) is 0.686. The van der Waals surface area contributed by atoms with Gasteiger partial charge in [0.25, 0.3) is 5.56 Å². The van der Waals surface area contributed by atoms with E-state index in [9.17, 15) is 14.4 Å². The number of amides is 2. The number of fused-ring (bicyclic) bond motifs is 1. The minimum Gasteiger partial charge on any atom is -0.481 e. The number of nitrogens with one attached hydrogen (secondary N) is 4. The van der Waals surface area contributed by atoms with Gasteiger partial charge in [-0.3, -0.25) is 18.8 Å². The Kier molecular flexibility index (Phi) is 10.1. The van der Waals surface area contributed by atoms with Crippen LogP contribution in [0.1, 0.15) is 42.4 Å². The highest BCUT2D eigenvalue weighted by molar-refractivity contribution is 6.36. The SMILES string of the molecule is COc1nc(-c2cccc(-c3cccc(-c4ccn5c(=O)c(CNC[C@H]6CCC(=O)N6)cnc5c4)c3C)c2Cl)ccc1CNC[C@@H]1CCC(=O)N1. The Hall–Kier alpha value is -5.10. The standard InChI is InChI=1S/C39H40ClN7O4/c1-23-29(24-15-16-47-34(17-24)43-20-26(39(47)50)19-42-22-28-11-14-36(49)45-28)5-3-6-30(23)31-7-4-8-32(37(31)40)33-12-9-25(38(46-33)51-2)18-41-21-27-10-13-35(48)44-27/h3-9,12,15-17,20,27-28,41-42H,10-11,13-14,18-19,21-22H2,1-2H3,(H,44,48)(H,45,49)/t27-,28+/m0/s1. The fraction of sp³-hybridized carbons (Fsp3) is 0.308. The topological polar surface area (TPSA) is 139 Å². The fourth-order valence-corrected chi connectivity index (χ4v) is 7.26. The summed E-state index contributed by atoms with van der Waals surface area (Å²) in [6, 6.07) is 20.1. The van der Waals surface area contributed by atoms with E-state index in [-0.39, 0.29) is 29.5 Å². The molecule has 0 aliphatic carbocycles. The summed E-state index contributed by atoms with van der Waals surface area (Å²) in [5, 5.41) is 13.2. The highest BCUT2D eigenvalue weighted by Crippen LogP contribution is 2.40. The Morgan fingerprint density at radius 3 is 2.16 bits per heavy atom. The number of carbonyl (C=O) groups excluding carboxylic acids is 2. The van der Waals surface area contributed by atoms with Gasteiger partial charge in [-0.1, -0.05) is 54.1 Å². The van der Waals surface area contributed by atoms with Crippen molar-refractivity contribution >= 4 is 29.1 Å². The van der Waals surface area contributed by atoms with Crippen molar-refractivity contribution in [3.05, 3.63) is 105 Å². The van der Waals surface area contributed by atoms with E-state index in [1.807, 2.05) is 48.5 Å². The van der Waals surface area contributed by atoms with Crippen LogP contribution in [0.4, 0.5) is 0 Å². The molecule has 7 rings (SSSR count). The van der Waals surface area contributed by atoms with Crippen LogP contribution in [0.15, 0.2) is 77.9 Å². The Morgan fingerprint density at radius 1 is 0.843 bits per heavy atom. The van der Waals surface area contributed by atoms with Gasteiger partial charge in [0.05, 0.1) is 17.8 Å². The molecular weight excluding hydrogens is 666 g/mol. The van der Waals surface area contributed by atoms with Gasteiger partial charge in [-0.05, 0) is 60.2 Å². The molecule has 2 atom stereocenters. The molecule has 262 valence electrons. The molecule has 2 aliphatic heterocycles. The summed E-state index contributed by atoms with van der Waals surface area (Å²) >= 11 is 7.14. The van der Waals surface area contributed by atoms with E-state index in [2.05, 4.69) is 45.3 Å². The lowest BCUT2D eigenvalue weighted by Gasteiger charge is -2.16. The summed E-state index contributed by atoms with van der Waals surface area (Å²) in [6.07, 6.45) is 6.14. The maximum atomic E-state index is 13.3. The Morgan fingerprint density at radius 2 is 1.49 bits per heavy atom. The lowest BCUT2D eigenvalue weighted by atomic mass is 9.92. The van der Waals surface area contributed by atoms with E-state index < -0.39 is 0 Å². The lowest BCUT2D eigenvalue weighted by Crippen LogP contribution is -2.36. The zero-order valence-electron chi connectivity index (χ0n) is 28.6. The van der Waals surface area contributed by atoms with Gasteiger partial charge in [0.1, 0.15) is 5.65 Å². The predicted octanol–water partition coefficient (Wildman–Crippen LogP) is 4.80. The normalized spacial score (nSPS) is 17.2. The summed E-state index contributed by atoms with van der Waals surface area (Å²) in [6.45, 7) is 4.28. The number of nitrogens with zero attached hydrogens (tertiary/aromatic N) is 3. The van der Waals surface area contributed by atoms with Crippen molar-refractivity contribution in [1.29, 1.82) is 0 Å². The molecule has 5 aromatic rings. The van der Waals surface area contributed by atoms with Gasteiger partial charge in [-0.15, -0.1) is 0 Å². The number of aromatic nitrogens is 3. The Labute approximate surface area is 300 Å².